The van der Waals surface area contributed by atoms with Crippen molar-refractivity contribution in [1.29, 1.82) is 0 Å². The molecule has 1 N–H and O–H groups in total. The molecule has 1 amide bonds. The first-order valence-corrected chi connectivity index (χ1v) is 10.6. The number of fused-ring (bicyclic) bond motifs is 2. The molecular formula is C27H21NO6. The SMILES string of the molecule is COc1cccc(C(=O)c2oc3ccc(NC(=O)c4cc5cccc(OC)c5o4)cc3c2C)c1. The molecule has 0 bridgehead atoms. The van der Waals surface area contributed by atoms with E-state index in [9.17, 15) is 9.59 Å². The van der Waals surface area contributed by atoms with Gasteiger partial charge in [-0.25, -0.2) is 0 Å². The van der Waals surface area contributed by atoms with Crippen LogP contribution in [0.15, 0.2) is 75.6 Å². The highest BCUT2D eigenvalue weighted by molar-refractivity contribution is 6.11. The fourth-order valence-electron chi connectivity index (χ4n) is 3.91. The Kier molecular flexibility index (Phi) is 5.30. The normalized spacial score (nSPS) is 11.0. The number of amides is 1. The highest BCUT2D eigenvalue weighted by Gasteiger charge is 2.21. The number of nitrogens with one attached hydrogen (secondary N) is 1. The van der Waals surface area contributed by atoms with Crippen molar-refractivity contribution >= 4 is 39.3 Å². The Balaban J connectivity index is 1.44. The molecular weight excluding hydrogens is 434 g/mol. The number of benzene rings is 3. The maximum absolute atomic E-state index is 13.0. The van der Waals surface area contributed by atoms with Gasteiger partial charge in [0.2, 0.25) is 5.78 Å². The smallest absolute Gasteiger partial charge is 0.291 e. The largest absolute Gasteiger partial charge is 0.497 e. The number of furan rings is 2. The van der Waals surface area contributed by atoms with Crippen molar-refractivity contribution in [2.75, 3.05) is 19.5 Å². The summed E-state index contributed by atoms with van der Waals surface area (Å²) in [5.74, 6) is 0.919. The van der Waals surface area contributed by atoms with E-state index in [1.807, 2.05) is 19.1 Å². The second-order valence-electron chi connectivity index (χ2n) is 7.77. The number of ketones is 1. The molecule has 2 aromatic heterocycles. The number of rotatable bonds is 6. The summed E-state index contributed by atoms with van der Waals surface area (Å²) >= 11 is 0. The fraction of sp³-hybridized carbons (Fsp3) is 0.111. The number of ether oxygens (including phenoxy) is 2. The quantitative estimate of drug-likeness (QED) is 0.316. The van der Waals surface area contributed by atoms with Crippen molar-refractivity contribution in [2.24, 2.45) is 0 Å². The van der Waals surface area contributed by atoms with E-state index in [1.165, 1.54) is 0 Å². The maximum atomic E-state index is 13.0. The fourth-order valence-corrected chi connectivity index (χ4v) is 3.91. The summed E-state index contributed by atoms with van der Waals surface area (Å²) in [7, 11) is 3.10. The number of aryl methyl sites for hydroxylation is 1. The second-order valence-corrected chi connectivity index (χ2v) is 7.77. The van der Waals surface area contributed by atoms with Crippen LogP contribution >= 0.6 is 0 Å². The maximum Gasteiger partial charge on any atom is 0.291 e. The zero-order valence-corrected chi connectivity index (χ0v) is 18.8. The molecule has 0 fully saturated rings. The number of methoxy groups -OCH3 is 2. The Bertz CT molecular complexity index is 1560. The molecule has 0 aliphatic heterocycles. The Morgan fingerprint density at radius 3 is 2.50 bits per heavy atom. The van der Waals surface area contributed by atoms with Crippen LogP contribution in [0.2, 0.25) is 0 Å². The number of hydrogen-bond acceptors (Lipinski definition) is 6. The summed E-state index contributed by atoms with van der Waals surface area (Å²) in [4.78, 5) is 25.9. The summed E-state index contributed by atoms with van der Waals surface area (Å²) < 4.78 is 22.1. The van der Waals surface area contributed by atoms with Gasteiger partial charge in [0.25, 0.3) is 5.91 Å². The van der Waals surface area contributed by atoms with Crippen LogP contribution in [-0.2, 0) is 0 Å². The molecule has 0 radical (unpaired) electrons. The highest BCUT2D eigenvalue weighted by atomic mass is 16.5. The van der Waals surface area contributed by atoms with Crippen molar-refractivity contribution in [2.45, 2.75) is 6.92 Å². The van der Waals surface area contributed by atoms with Gasteiger partial charge in [0.1, 0.15) is 11.3 Å². The third kappa shape index (κ3) is 3.67. The molecule has 7 heteroatoms. The molecule has 0 aliphatic carbocycles. The van der Waals surface area contributed by atoms with Crippen LogP contribution in [0.1, 0.15) is 32.2 Å². The Labute approximate surface area is 194 Å². The lowest BCUT2D eigenvalue weighted by Crippen LogP contribution is -2.10. The topological polar surface area (TPSA) is 90.9 Å². The minimum atomic E-state index is -0.397. The van der Waals surface area contributed by atoms with Crippen LogP contribution in [0.4, 0.5) is 5.69 Å². The zero-order chi connectivity index (χ0) is 23.8. The molecule has 5 aromatic rings. The first kappa shape index (κ1) is 21.3. The van der Waals surface area contributed by atoms with Crippen LogP contribution in [-0.4, -0.2) is 25.9 Å². The Hall–Kier alpha value is -4.52. The number of para-hydroxylation sites is 1. The molecule has 0 atom stereocenters. The van der Waals surface area contributed by atoms with Crippen LogP contribution in [0.5, 0.6) is 11.5 Å². The van der Waals surface area contributed by atoms with E-state index in [1.54, 1.807) is 68.8 Å². The van der Waals surface area contributed by atoms with Gasteiger partial charge in [-0.2, -0.15) is 0 Å². The van der Waals surface area contributed by atoms with Gasteiger partial charge in [-0.15, -0.1) is 0 Å². The lowest BCUT2D eigenvalue weighted by atomic mass is 10.0. The number of carbonyl (C=O) groups is 2. The highest BCUT2D eigenvalue weighted by Crippen LogP contribution is 2.31. The van der Waals surface area contributed by atoms with E-state index >= 15 is 0 Å². The van der Waals surface area contributed by atoms with Crippen molar-refractivity contribution in [1.82, 2.24) is 0 Å². The minimum absolute atomic E-state index is 0.164. The van der Waals surface area contributed by atoms with E-state index in [2.05, 4.69) is 5.32 Å². The lowest BCUT2D eigenvalue weighted by molar-refractivity contribution is 0.0995. The minimum Gasteiger partial charge on any atom is -0.497 e. The Morgan fingerprint density at radius 2 is 1.71 bits per heavy atom. The third-order valence-electron chi connectivity index (χ3n) is 5.68. The van der Waals surface area contributed by atoms with Gasteiger partial charge in [0, 0.05) is 27.6 Å². The first-order chi connectivity index (χ1) is 16.5. The molecule has 0 unspecified atom stereocenters. The van der Waals surface area contributed by atoms with Gasteiger partial charge in [-0.05, 0) is 49.4 Å². The van der Waals surface area contributed by atoms with Crippen molar-refractivity contribution in [3.05, 3.63) is 89.4 Å². The molecule has 170 valence electrons. The molecule has 0 spiro atoms. The van der Waals surface area contributed by atoms with Crippen LogP contribution in [0, 0.1) is 6.92 Å². The lowest BCUT2D eigenvalue weighted by Gasteiger charge is -2.03. The van der Waals surface area contributed by atoms with Crippen molar-refractivity contribution in [3.63, 3.8) is 0 Å². The van der Waals surface area contributed by atoms with Gasteiger partial charge in [-0.3, -0.25) is 9.59 Å². The van der Waals surface area contributed by atoms with Gasteiger partial charge >= 0.3 is 0 Å². The summed E-state index contributed by atoms with van der Waals surface area (Å²) in [5, 5.41) is 4.35. The third-order valence-corrected chi connectivity index (χ3v) is 5.68. The van der Waals surface area contributed by atoms with Crippen molar-refractivity contribution in [3.8, 4) is 11.5 Å². The molecule has 7 nitrogen and oxygen atoms in total. The van der Waals surface area contributed by atoms with Gasteiger partial charge in [0.15, 0.2) is 22.9 Å². The number of carbonyl (C=O) groups excluding carboxylic acids is 2. The predicted octanol–water partition coefficient (Wildman–Crippen LogP) is 5.99. The van der Waals surface area contributed by atoms with E-state index in [4.69, 9.17) is 18.3 Å². The number of hydrogen-bond donors (Lipinski definition) is 1. The average molecular weight is 455 g/mol. The molecule has 0 saturated carbocycles. The van der Waals surface area contributed by atoms with Gasteiger partial charge < -0.3 is 23.6 Å². The van der Waals surface area contributed by atoms with E-state index in [0.29, 0.717) is 39.5 Å². The standard InChI is InChI=1S/C27H21NO6/c1-15-20-14-18(28-27(30)23-13-17-7-5-9-22(32-3)26(17)34-23)10-11-21(20)33-25(15)24(29)16-6-4-8-19(12-16)31-2/h4-14H,1-3H3,(H,28,30). The summed E-state index contributed by atoms with van der Waals surface area (Å²) in [5.41, 5.74) is 2.77. The molecule has 5 rings (SSSR count). The summed E-state index contributed by atoms with van der Waals surface area (Å²) in [6.45, 7) is 1.82. The second kappa shape index (κ2) is 8.44. The molecule has 0 saturated heterocycles. The molecule has 3 aromatic carbocycles. The predicted molar refractivity (Wildman–Crippen MR) is 128 cm³/mol. The van der Waals surface area contributed by atoms with Crippen LogP contribution < -0.4 is 14.8 Å². The monoisotopic (exact) mass is 455 g/mol. The Morgan fingerprint density at radius 1 is 0.882 bits per heavy atom. The molecule has 0 aliphatic rings. The van der Waals surface area contributed by atoms with Crippen molar-refractivity contribution < 1.29 is 27.9 Å². The van der Waals surface area contributed by atoms with E-state index in [-0.39, 0.29) is 17.3 Å². The first-order valence-electron chi connectivity index (χ1n) is 10.6. The number of anilines is 1. The van der Waals surface area contributed by atoms with Crippen LogP contribution in [0.25, 0.3) is 21.9 Å². The molecule has 34 heavy (non-hydrogen) atoms. The summed E-state index contributed by atoms with van der Waals surface area (Å²) in [6, 6.07) is 19.2. The molecule has 2 heterocycles. The van der Waals surface area contributed by atoms with E-state index < -0.39 is 5.91 Å². The zero-order valence-electron chi connectivity index (χ0n) is 18.8. The van der Waals surface area contributed by atoms with Gasteiger partial charge in [0.05, 0.1) is 14.2 Å². The average Bonchev–Trinajstić information content (AvgIpc) is 3.45. The van der Waals surface area contributed by atoms with Crippen LogP contribution in [0.3, 0.4) is 0 Å². The van der Waals surface area contributed by atoms with E-state index in [0.717, 1.165) is 10.8 Å². The summed E-state index contributed by atoms with van der Waals surface area (Å²) in [6.07, 6.45) is 0. The van der Waals surface area contributed by atoms with Gasteiger partial charge in [-0.1, -0.05) is 24.3 Å².